The molecule has 1 saturated heterocycles. The summed E-state index contributed by atoms with van der Waals surface area (Å²) < 4.78 is 17.3. The molecule has 1 fully saturated rings. The number of methoxy groups -OCH3 is 1. The van der Waals surface area contributed by atoms with E-state index in [1.54, 1.807) is 61.5 Å². The first-order chi connectivity index (χ1) is 16.9. The van der Waals surface area contributed by atoms with Gasteiger partial charge in [-0.2, -0.15) is 0 Å². The predicted molar refractivity (Wildman–Crippen MR) is 130 cm³/mol. The minimum absolute atomic E-state index is 0.0407. The van der Waals surface area contributed by atoms with Crippen molar-refractivity contribution >= 4 is 23.4 Å². The van der Waals surface area contributed by atoms with E-state index in [0.29, 0.717) is 54.1 Å². The highest BCUT2D eigenvalue weighted by atomic mass is 16.5. The molecule has 0 aliphatic carbocycles. The summed E-state index contributed by atoms with van der Waals surface area (Å²) in [6.07, 6.45) is 1.14. The van der Waals surface area contributed by atoms with E-state index in [9.17, 15) is 14.4 Å². The van der Waals surface area contributed by atoms with Crippen LogP contribution in [0.3, 0.4) is 0 Å². The molecule has 0 radical (unpaired) electrons. The average Bonchev–Trinajstić information content (AvgIpc) is 2.86. The van der Waals surface area contributed by atoms with E-state index < -0.39 is 0 Å². The second-order valence-corrected chi connectivity index (χ2v) is 8.72. The molecule has 2 aromatic carbocycles. The van der Waals surface area contributed by atoms with E-state index in [4.69, 9.17) is 14.2 Å². The van der Waals surface area contributed by atoms with Gasteiger partial charge in [-0.3, -0.25) is 14.4 Å². The third-order valence-electron chi connectivity index (χ3n) is 6.39. The maximum absolute atomic E-state index is 13.4. The zero-order valence-electron chi connectivity index (χ0n) is 20.2. The molecule has 3 amide bonds. The van der Waals surface area contributed by atoms with E-state index in [1.165, 1.54) is 0 Å². The molecule has 0 spiro atoms. The van der Waals surface area contributed by atoms with Crippen LogP contribution >= 0.6 is 0 Å². The molecule has 2 aromatic rings. The number of rotatable bonds is 6. The summed E-state index contributed by atoms with van der Waals surface area (Å²) in [4.78, 5) is 39.8. The summed E-state index contributed by atoms with van der Waals surface area (Å²) in [7, 11) is 3.30. The van der Waals surface area contributed by atoms with Crippen molar-refractivity contribution in [3.05, 3.63) is 53.6 Å². The highest BCUT2D eigenvalue weighted by molar-refractivity contribution is 6.05. The van der Waals surface area contributed by atoms with Gasteiger partial charge in [0.15, 0.2) is 0 Å². The van der Waals surface area contributed by atoms with Gasteiger partial charge in [0.05, 0.1) is 31.2 Å². The van der Waals surface area contributed by atoms with Gasteiger partial charge in [0.25, 0.3) is 11.8 Å². The minimum Gasteiger partial charge on any atom is -0.497 e. The molecular formula is C26H31N3O6. The number of ether oxygens (including phenoxy) is 3. The van der Waals surface area contributed by atoms with E-state index >= 15 is 0 Å². The number of hydrogen-bond donors (Lipinski definition) is 2. The number of amides is 3. The Hall–Kier alpha value is -3.59. The van der Waals surface area contributed by atoms with E-state index in [2.05, 4.69) is 10.6 Å². The zero-order chi connectivity index (χ0) is 24.9. The number of fused-ring (bicyclic) bond motifs is 2. The molecule has 3 atom stereocenters. The lowest BCUT2D eigenvalue weighted by Gasteiger charge is -2.42. The lowest BCUT2D eigenvalue weighted by molar-refractivity contribution is -0.133. The van der Waals surface area contributed by atoms with Crippen molar-refractivity contribution in [2.45, 2.75) is 44.4 Å². The van der Waals surface area contributed by atoms with Crippen molar-refractivity contribution in [3.63, 3.8) is 0 Å². The van der Waals surface area contributed by atoms with Crippen LogP contribution < -0.4 is 20.1 Å². The fourth-order valence-corrected chi connectivity index (χ4v) is 4.55. The molecule has 9 nitrogen and oxygen atoms in total. The van der Waals surface area contributed by atoms with Gasteiger partial charge in [-0.1, -0.05) is 6.07 Å². The van der Waals surface area contributed by atoms with Crippen LogP contribution in [0.25, 0.3) is 0 Å². The van der Waals surface area contributed by atoms with Crippen LogP contribution in [-0.2, 0) is 9.53 Å². The van der Waals surface area contributed by atoms with Crippen molar-refractivity contribution in [1.82, 2.24) is 10.2 Å². The summed E-state index contributed by atoms with van der Waals surface area (Å²) in [5, 5.41) is 5.64. The summed E-state index contributed by atoms with van der Waals surface area (Å²) >= 11 is 0. The third kappa shape index (κ3) is 5.57. The molecule has 9 heteroatoms. The SMILES string of the molecule is CCNC(=O)C[C@@H]1CC[C@H]2[C@H](COc3ccc(NC(=O)c4cccc(OC)c4)cc3C(=O)N2C)O1. The number of carbonyl (C=O) groups excluding carboxylic acids is 3. The zero-order valence-corrected chi connectivity index (χ0v) is 20.2. The smallest absolute Gasteiger partial charge is 0.257 e. The fourth-order valence-electron chi connectivity index (χ4n) is 4.55. The van der Waals surface area contributed by atoms with Crippen molar-refractivity contribution in [2.75, 3.05) is 32.6 Å². The Balaban J connectivity index is 1.49. The first-order valence-electron chi connectivity index (χ1n) is 11.8. The number of hydrogen-bond acceptors (Lipinski definition) is 6. The number of nitrogens with one attached hydrogen (secondary N) is 2. The molecule has 0 bridgehead atoms. The van der Waals surface area contributed by atoms with Gasteiger partial charge in [0, 0.05) is 24.8 Å². The topological polar surface area (TPSA) is 106 Å². The summed E-state index contributed by atoms with van der Waals surface area (Å²) in [6, 6.07) is 11.7. The van der Waals surface area contributed by atoms with Crippen LogP contribution in [0.15, 0.2) is 42.5 Å². The molecule has 35 heavy (non-hydrogen) atoms. The third-order valence-corrected chi connectivity index (χ3v) is 6.39. The van der Waals surface area contributed by atoms with Crippen molar-refractivity contribution in [3.8, 4) is 11.5 Å². The highest BCUT2D eigenvalue weighted by Crippen LogP contribution is 2.32. The Morgan fingerprint density at radius 1 is 1.17 bits per heavy atom. The van der Waals surface area contributed by atoms with Crippen LogP contribution in [0, 0.1) is 0 Å². The van der Waals surface area contributed by atoms with Crippen LogP contribution in [0.1, 0.15) is 46.9 Å². The lowest BCUT2D eigenvalue weighted by atomic mass is 9.94. The Morgan fingerprint density at radius 2 is 2.00 bits per heavy atom. The predicted octanol–water partition coefficient (Wildman–Crippen LogP) is 2.85. The van der Waals surface area contributed by atoms with Gasteiger partial charge in [-0.15, -0.1) is 0 Å². The van der Waals surface area contributed by atoms with Gasteiger partial charge < -0.3 is 29.7 Å². The number of likely N-dealkylation sites (N-methyl/N-ethyl adjacent to an activating group) is 1. The maximum atomic E-state index is 13.4. The maximum Gasteiger partial charge on any atom is 0.257 e. The van der Waals surface area contributed by atoms with E-state index in [0.717, 1.165) is 0 Å². The number of anilines is 1. The van der Waals surface area contributed by atoms with Crippen LogP contribution in [0.2, 0.25) is 0 Å². The van der Waals surface area contributed by atoms with Crippen molar-refractivity contribution < 1.29 is 28.6 Å². The van der Waals surface area contributed by atoms with Crippen molar-refractivity contribution in [2.24, 2.45) is 0 Å². The Bertz CT molecular complexity index is 1100. The molecule has 2 heterocycles. The van der Waals surface area contributed by atoms with Crippen LogP contribution in [0.5, 0.6) is 11.5 Å². The molecular weight excluding hydrogens is 450 g/mol. The molecule has 4 rings (SSSR count). The molecule has 186 valence electrons. The number of nitrogens with zero attached hydrogens (tertiary/aromatic N) is 1. The minimum atomic E-state index is -0.335. The average molecular weight is 482 g/mol. The highest BCUT2D eigenvalue weighted by Gasteiger charge is 2.39. The second kappa shape index (κ2) is 10.8. The fraction of sp³-hybridized carbons (Fsp3) is 0.423. The summed E-state index contributed by atoms with van der Waals surface area (Å²) in [5.74, 6) is 0.446. The first-order valence-corrected chi connectivity index (χ1v) is 11.8. The molecule has 2 aliphatic rings. The molecule has 0 unspecified atom stereocenters. The Labute approximate surface area is 204 Å². The monoisotopic (exact) mass is 481 g/mol. The lowest BCUT2D eigenvalue weighted by Crippen LogP contribution is -2.54. The van der Waals surface area contributed by atoms with Gasteiger partial charge in [0.1, 0.15) is 24.2 Å². The summed E-state index contributed by atoms with van der Waals surface area (Å²) in [6.45, 7) is 2.72. The molecule has 0 aromatic heterocycles. The van der Waals surface area contributed by atoms with E-state index in [1.807, 2.05) is 6.92 Å². The first kappa shape index (κ1) is 24.5. The molecule has 0 saturated carbocycles. The van der Waals surface area contributed by atoms with E-state index in [-0.39, 0.29) is 42.6 Å². The second-order valence-electron chi connectivity index (χ2n) is 8.72. The van der Waals surface area contributed by atoms with Crippen molar-refractivity contribution in [1.29, 1.82) is 0 Å². The normalized spacial score (nSPS) is 21.5. The summed E-state index contributed by atoms with van der Waals surface area (Å²) in [5.41, 5.74) is 1.31. The standard InChI is InChI=1S/C26H31N3O6/c1-4-27-24(30)14-19-9-10-21-23(35-19)15-34-22-11-8-17(13-20(22)26(32)29(21)2)28-25(31)16-6-5-7-18(12-16)33-3/h5-8,11-13,19,21,23H,4,9-10,14-15H2,1-3H3,(H,27,30)(H,28,31)/t19-,21-,23-/m0/s1. The Kier molecular flexibility index (Phi) is 7.55. The quantitative estimate of drug-likeness (QED) is 0.657. The molecule has 2 N–H and O–H groups in total. The largest absolute Gasteiger partial charge is 0.497 e. The van der Waals surface area contributed by atoms with Gasteiger partial charge in [0.2, 0.25) is 5.91 Å². The van der Waals surface area contributed by atoms with Gasteiger partial charge in [-0.25, -0.2) is 0 Å². The van der Waals surface area contributed by atoms with Gasteiger partial charge >= 0.3 is 0 Å². The number of benzene rings is 2. The Morgan fingerprint density at radius 3 is 2.77 bits per heavy atom. The number of carbonyl (C=O) groups is 3. The van der Waals surface area contributed by atoms with Crippen LogP contribution in [0.4, 0.5) is 5.69 Å². The van der Waals surface area contributed by atoms with Gasteiger partial charge in [-0.05, 0) is 56.2 Å². The molecule has 2 aliphatic heterocycles. The van der Waals surface area contributed by atoms with Crippen LogP contribution in [-0.4, -0.2) is 68.2 Å².